The van der Waals surface area contributed by atoms with Gasteiger partial charge in [0.15, 0.2) is 0 Å². The highest BCUT2D eigenvalue weighted by Crippen LogP contribution is 2.38. The van der Waals surface area contributed by atoms with Gasteiger partial charge >= 0.3 is 11.2 Å². The van der Waals surface area contributed by atoms with Gasteiger partial charge in [-0.2, -0.15) is 0 Å². The van der Waals surface area contributed by atoms with Crippen molar-refractivity contribution >= 4 is 38.1 Å². The Labute approximate surface area is 201 Å². The van der Waals surface area contributed by atoms with E-state index in [9.17, 15) is 18.0 Å². The maximum atomic E-state index is 12.8. The molecule has 0 bridgehead atoms. The minimum atomic E-state index is -4.20. The number of carbonyl (C=O) groups excluding carboxylic acids is 2. The molecule has 0 unspecified atom stereocenters. The van der Waals surface area contributed by atoms with Crippen LogP contribution < -0.4 is 5.32 Å². The quantitative estimate of drug-likeness (QED) is 0.396. The summed E-state index contributed by atoms with van der Waals surface area (Å²) in [6, 6.07) is 5.45. The van der Waals surface area contributed by atoms with Crippen molar-refractivity contribution in [3.05, 3.63) is 45.3 Å². The molecular formula is C23H25N3O6S2. The van der Waals surface area contributed by atoms with Gasteiger partial charge in [0.1, 0.15) is 10.8 Å². The molecule has 3 aromatic rings. The Hall–Kier alpha value is -3.05. The molecule has 0 aliphatic heterocycles. The van der Waals surface area contributed by atoms with Gasteiger partial charge in [0, 0.05) is 10.4 Å². The van der Waals surface area contributed by atoms with Gasteiger partial charge in [-0.1, -0.05) is 17.6 Å². The number of sulfone groups is 1. The lowest BCUT2D eigenvalue weighted by molar-refractivity contribution is -0.113. The zero-order valence-electron chi connectivity index (χ0n) is 19.1. The Bertz CT molecular complexity index is 1360. The molecule has 0 fully saturated rings. The molecule has 34 heavy (non-hydrogen) atoms. The summed E-state index contributed by atoms with van der Waals surface area (Å²) >= 11 is 1.29. The number of rotatable bonds is 6. The number of aryl methyl sites for hydroxylation is 3. The first-order valence-corrected chi connectivity index (χ1v) is 13.3. The van der Waals surface area contributed by atoms with Gasteiger partial charge in [-0.3, -0.25) is 4.79 Å². The molecule has 1 amide bonds. The number of ether oxygens (including phenoxy) is 1. The number of carbonyl (C=O) groups is 2. The third kappa shape index (κ3) is 4.90. The fourth-order valence-corrected chi connectivity index (χ4v) is 6.08. The van der Waals surface area contributed by atoms with Gasteiger partial charge in [-0.15, -0.1) is 16.4 Å². The highest BCUT2D eigenvalue weighted by molar-refractivity contribution is 7.91. The maximum absolute atomic E-state index is 12.8. The SMILES string of the molecule is COC(=O)c1c(NC(=O)CS(=O)(=O)c2nnc(-c3ccc(C)c(C)c3)o2)sc2c1CCCCC2. The highest BCUT2D eigenvalue weighted by atomic mass is 32.2. The number of nitrogens with zero attached hydrogens (tertiary/aromatic N) is 2. The lowest BCUT2D eigenvalue weighted by Crippen LogP contribution is -2.24. The molecule has 1 N–H and O–H groups in total. The summed E-state index contributed by atoms with van der Waals surface area (Å²) in [5.41, 5.74) is 3.84. The zero-order valence-corrected chi connectivity index (χ0v) is 20.8. The number of thiophene rings is 1. The van der Waals surface area contributed by atoms with E-state index < -0.39 is 32.7 Å². The lowest BCUT2D eigenvalue weighted by atomic mass is 10.1. The molecule has 0 atom stereocenters. The van der Waals surface area contributed by atoms with E-state index in [1.54, 1.807) is 6.07 Å². The number of amides is 1. The van der Waals surface area contributed by atoms with Crippen molar-refractivity contribution in [3.63, 3.8) is 0 Å². The normalized spacial score (nSPS) is 13.7. The van der Waals surface area contributed by atoms with E-state index in [1.807, 2.05) is 26.0 Å². The average Bonchev–Trinajstić information content (AvgIpc) is 3.35. The summed E-state index contributed by atoms with van der Waals surface area (Å²) in [6.07, 6.45) is 4.52. The van der Waals surface area contributed by atoms with Crippen molar-refractivity contribution in [2.75, 3.05) is 18.2 Å². The number of hydrogen-bond acceptors (Lipinski definition) is 9. The second-order valence-electron chi connectivity index (χ2n) is 8.24. The number of nitrogens with one attached hydrogen (secondary N) is 1. The molecule has 1 aromatic carbocycles. The van der Waals surface area contributed by atoms with Crippen LogP contribution >= 0.6 is 11.3 Å². The van der Waals surface area contributed by atoms with Crippen LogP contribution in [0.25, 0.3) is 11.5 Å². The van der Waals surface area contributed by atoms with Crippen LogP contribution in [0.3, 0.4) is 0 Å². The van der Waals surface area contributed by atoms with Crippen LogP contribution in [0.5, 0.6) is 0 Å². The first kappa shape index (κ1) is 24.1. The Balaban J connectivity index is 1.54. The average molecular weight is 504 g/mol. The van der Waals surface area contributed by atoms with E-state index in [0.717, 1.165) is 47.3 Å². The number of fused-ring (bicyclic) bond motifs is 1. The van der Waals surface area contributed by atoms with E-state index in [2.05, 4.69) is 15.5 Å². The Morgan fingerprint density at radius 1 is 1.12 bits per heavy atom. The number of aromatic nitrogens is 2. The Morgan fingerprint density at radius 2 is 1.88 bits per heavy atom. The summed E-state index contributed by atoms with van der Waals surface area (Å²) in [5, 5.41) is 9.74. The molecule has 0 spiro atoms. The largest absolute Gasteiger partial charge is 0.465 e. The van der Waals surface area contributed by atoms with Crippen molar-refractivity contribution in [2.24, 2.45) is 0 Å². The van der Waals surface area contributed by atoms with Gasteiger partial charge < -0.3 is 14.5 Å². The number of anilines is 1. The molecule has 9 nitrogen and oxygen atoms in total. The molecule has 2 heterocycles. The summed E-state index contributed by atoms with van der Waals surface area (Å²) in [5.74, 6) is -2.19. The second-order valence-corrected chi connectivity index (χ2v) is 11.2. The topological polar surface area (TPSA) is 128 Å². The van der Waals surface area contributed by atoms with Crippen LogP contribution in [-0.4, -0.2) is 43.4 Å². The molecular weight excluding hydrogens is 478 g/mol. The summed E-state index contributed by atoms with van der Waals surface area (Å²) < 4.78 is 35.8. The van der Waals surface area contributed by atoms with Gasteiger partial charge in [0.2, 0.25) is 21.6 Å². The number of hydrogen-bond donors (Lipinski definition) is 1. The number of benzene rings is 1. The van der Waals surface area contributed by atoms with Gasteiger partial charge in [0.25, 0.3) is 0 Å². The molecule has 1 aliphatic rings. The van der Waals surface area contributed by atoms with Crippen LogP contribution in [0.15, 0.2) is 27.8 Å². The molecule has 0 radical (unpaired) electrons. The van der Waals surface area contributed by atoms with Crippen molar-refractivity contribution < 1.29 is 27.2 Å². The summed E-state index contributed by atoms with van der Waals surface area (Å²) in [7, 11) is -2.92. The van der Waals surface area contributed by atoms with E-state index in [0.29, 0.717) is 22.5 Å². The van der Waals surface area contributed by atoms with Crippen LogP contribution in [0.2, 0.25) is 0 Å². The van der Waals surface area contributed by atoms with Crippen LogP contribution in [0.4, 0.5) is 5.00 Å². The fourth-order valence-electron chi connectivity index (χ4n) is 3.87. The van der Waals surface area contributed by atoms with Crippen LogP contribution in [-0.2, 0) is 32.2 Å². The first-order valence-electron chi connectivity index (χ1n) is 10.9. The van der Waals surface area contributed by atoms with E-state index in [1.165, 1.54) is 18.4 Å². The maximum Gasteiger partial charge on any atom is 0.341 e. The van der Waals surface area contributed by atoms with Gasteiger partial charge in [-0.25, -0.2) is 13.2 Å². The summed E-state index contributed by atoms with van der Waals surface area (Å²) in [4.78, 5) is 26.1. The van der Waals surface area contributed by atoms with Crippen molar-refractivity contribution in [2.45, 2.75) is 51.2 Å². The minimum absolute atomic E-state index is 0.0528. The monoisotopic (exact) mass is 503 g/mol. The summed E-state index contributed by atoms with van der Waals surface area (Å²) in [6.45, 7) is 3.88. The molecule has 11 heteroatoms. The molecule has 1 aliphatic carbocycles. The molecule has 4 rings (SSSR count). The van der Waals surface area contributed by atoms with Crippen LogP contribution in [0.1, 0.15) is 51.2 Å². The predicted molar refractivity (Wildman–Crippen MR) is 127 cm³/mol. The van der Waals surface area contributed by atoms with Gasteiger partial charge in [-0.05, 0) is 68.4 Å². The number of esters is 1. The molecule has 180 valence electrons. The van der Waals surface area contributed by atoms with Crippen molar-refractivity contribution in [3.8, 4) is 11.5 Å². The fraction of sp³-hybridized carbons (Fsp3) is 0.391. The van der Waals surface area contributed by atoms with E-state index >= 15 is 0 Å². The number of methoxy groups -OCH3 is 1. The van der Waals surface area contributed by atoms with E-state index in [4.69, 9.17) is 9.15 Å². The molecule has 0 saturated heterocycles. The first-order chi connectivity index (χ1) is 16.2. The smallest absolute Gasteiger partial charge is 0.341 e. The predicted octanol–water partition coefficient (Wildman–Crippen LogP) is 3.88. The second kappa shape index (κ2) is 9.67. The molecule has 0 saturated carbocycles. The third-order valence-corrected chi connectivity index (χ3v) is 8.36. The third-order valence-electron chi connectivity index (χ3n) is 5.81. The highest BCUT2D eigenvalue weighted by Gasteiger charge is 2.30. The van der Waals surface area contributed by atoms with Crippen molar-refractivity contribution in [1.82, 2.24) is 10.2 Å². The molecule has 2 aromatic heterocycles. The van der Waals surface area contributed by atoms with Crippen LogP contribution in [0, 0.1) is 13.8 Å². The zero-order chi connectivity index (χ0) is 24.5. The lowest BCUT2D eigenvalue weighted by Gasteiger charge is -2.07. The van der Waals surface area contributed by atoms with Gasteiger partial charge in [0.05, 0.1) is 12.7 Å². The van der Waals surface area contributed by atoms with E-state index in [-0.39, 0.29) is 5.89 Å². The Kier molecular flexibility index (Phi) is 6.85. The van der Waals surface area contributed by atoms with Crippen molar-refractivity contribution in [1.29, 1.82) is 0 Å². The Morgan fingerprint density at radius 3 is 2.62 bits per heavy atom. The standard InChI is InChI=1S/C23H25N3O6S2/c1-13-9-10-15(11-14(13)2)20-25-26-23(32-20)34(29,30)12-18(27)24-21-19(22(28)31-3)16-7-5-4-6-8-17(16)33-21/h9-11H,4-8,12H2,1-3H3,(H,24,27). The minimum Gasteiger partial charge on any atom is -0.465 e.